The molecule has 1 unspecified atom stereocenters. The number of aliphatic hydroxyl groups is 1. The van der Waals surface area contributed by atoms with Crippen molar-refractivity contribution in [1.29, 1.82) is 0 Å². The molecule has 0 amide bonds. The molecule has 1 atom stereocenters. The van der Waals surface area contributed by atoms with Crippen LogP contribution >= 0.6 is 0 Å². The molecule has 5 aromatic rings. The number of alkyl halides is 1. The lowest BCUT2D eigenvalue weighted by Crippen LogP contribution is -2.30. The standard InChI is InChI=1S/C26H22FN3O/c1-28-24-13-12-23(21-9-5-6-10-22(21)24)26(31,17-27)19-11-14-25-18(15-19)16-29-30(25)20-7-3-2-4-8-20/h2-16,28,31H,17H2,1H3. The zero-order valence-corrected chi connectivity index (χ0v) is 17.1. The number of para-hydroxylation sites is 1. The van der Waals surface area contributed by atoms with Crippen molar-refractivity contribution < 1.29 is 9.50 Å². The molecule has 0 bridgehead atoms. The van der Waals surface area contributed by atoms with Gasteiger partial charge in [0.25, 0.3) is 0 Å². The van der Waals surface area contributed by atoms with Crippen LogP contribution in [0.3, 0.4) is 0 Å². The first-order valence-electron chi connectivity index (χ1n) is 10.2. The van der Waals surface area contributed by atoms with Gasteiger partial charge in [-0.25, -0.2) is 9.07 Å². The van der Waals surface area contributed by atoms with Crippen molar-refractivity contribution in [2.24, 2.45) is 0 Å². The molecule has 1 aromatic heterocycles. The molecule has 0 spiro atoms. The first kappa shape index (κ1) is 19.3. The number of rotatable bonds is 5. The summed E-state index contributed by atoms with van der Waals surface area (Å²) in [5.74, 6) is 0. The van der Waals surface area contributed by atoms with Crippen LogP contribution in [0.15, 0.2) is 91.1 Å². The van der Waals surface area contributed by atoms with Crippen LogP contribution in [0.2, 0.25) is 0 Å². The summed E-state index contributed by atoms with van der Waals surface area (Å²) in [7, 11) is 1.85. The Bertz CT molecular complexity index is 1380. The lowest BCUT2D eigenvalue weighted by atomic mass is 9.83. The summed E-state index contributed by atoms with van der Waals surface area (Å²) in [5, 5.41) is 21.8. The van der Waals surface area contributed by atoms with Crippen molar-refractivity contribution in [3.63, 3.8) is 0 Å². The van der Waals surface area contributed by atoms with E-state index < -0.39 is 12.3 Å². The summed E-state index contributed by atoms with van der Waals surface area (Å²) >= 11 is 0. The summed E-state index contributed by atoms with van der Waals surface area (Å²) in [5.41, 5.74) is 2.04. The molecular weight excluding hydrogens is 389 g/mol. The highest BCUT2D eigenvalue weighted by atomic mass is 19.1. The number of nitrogens with zero attached hydrogens (tertiary/aromatic N) is 2. The highest BCUT2D eigenvalue weighted by molar-refractivity contribution is 5.97. The Morgan fingerprint density at radius 2 is 1.68 bits per heavy atom. The Morgan fingerprint density at radius 1 is 0.935 bits per heavy atom. The third-order valence-corrected chi connectivity index (χ3v) is 5.88. The van der Waals surface area contributed by atoms with E-state index in [-0.39, 0.29) is 0 Å². The van der Waals surface area contributed by atoms with E-state index in [4.69, 9.17) is 0 Å². The number of hydrogen-bond acceptors (Lipinski definition) is 3. The number of benzene rings is 4. The fourth-order valence-electron chi connectivity index (χ4n) is 4.25. The molecule has 0 saturated carbocycles. The molecule has 0 aliphatic carbocycles. The molecule has 0 aliphatic rings. The predicted octanol–water partition coefficient (Wildman–Crippen LogP) is 5.43. The van der Waals surface area contributed by atoms with Crippen molar-refractivity contribution in [2.45, 2.75) is 5.60 Å². The number of halogens is 1. The van der Waals surface area contributed by atoms with Gasteiger partial charge in [-0.15, -0.1) is 0 Å². The Hall–Kier alpha value is -3.70. The van der Waals surface area contributed by atoms with Gasteiger partial charge in [-0.3, -0.25) is 0 Å². The molecule has 2 N–H and O–H groups in total. The Kier molecular flexibility index (Phi) is 4.68. The van der Waals surface area contributed by atoms with E-state index in [1.165, 1.54) is 0 Å². The van der Waals surface area contributed by atoms with Gasteiger partial charge in [-0.1, -0.05) is 54.6 Å². The Balaban J connectivity index is 1.67. The van der Waals surface area contributed by atoms with Crippen LogP contribution in [0.4, 0.5) is 10.1 Å². The zero-order valence-electron chi connectivity index (χ0n) is 17.1. The maximum Gasteiger partial charge on any atom is 0.143 e. The molecule has 31 heavy (non-hydrogen) atoms. The van der Waals surface area contributed by atoms with Gasteiger partial charge in [0.05, 0.1) is 17.4 Å². The molecule has 0 fully saturated rings. The summed E-state index contributed by atoms with van der Waals surface area (Å²) < 4.78 is 16.3. The zero-order chi connectivity index (χ0) is 21.4. The van der Waals surface area contributed by atoms with Crippen molar-refractivity contribution in [2.75, 3.05) is 19.0 Å². The Labute approximate surface area is 179 Å². The van der Waals surface area contributed by atoms with Crippen LogP contribution in [-0.2, 0) is 5.60 Å². The van der Waals surface area contributed by atoms with Crippen LogP contribution in [0, 0.1) is 0 Å². The molecule has 154 valence electrons. The number of anilines is 1. The SMILES string of the molecule is CNc1ccc(C(O)(CF)c2ccc3c(cnn3-c3ccccc3)c2)c2ccccc12. The summed E-state index contributed by atoms with van der Waals surface area (Å²) in [6.45, 7) is -0.936. The second kappa shape index (κ2) is 7.52. The normalized spacial score (nSPS) is 13.4. The van der Waals surface area contributed by atoms with Crippen LogP contribution in [0.1, 0.15) is 11.1 Å². The van der Waals surface area contributed by atoms with E-state index in [9.17, 15) is 9.50 Å². The number of nitrogens with one attached hydrogen (secondary N) is 1. The minimum atomic E-state index is -1.77. The second-order valence-corrected chi connectivity index (χ2v) is 7.62. The van der Waals surface area contributed by atoms with Gasteiger partial charge < -0.3 is 10.4 Å². The maximum atomic E-state index is 14.5. The minimum absolute atomic E-state index is 0.498. The van der Waals surface area contributed by atoms with Gasteiger partial charge in [0.1, 0.15) is 12.3 Å². The van der Waals surface area contributed by atoms with E-state index in [0.29, 0.717) is 11.1 Å². The van der Waals surface area contributed by atoms with Gasteiger partial charge in [-0.05, 0) is 46.8 Å². The van der Waals surface area contributed by atoms with Crippen molar-refractivity contribution >= 4 is 27.4 Å². The van der Waals surface area contributed by atoms with Crippen LogP contribution in [-0.4, -0.2) is 28.6 Å². The highest BCUT2D eigenvalue weighted by Gasteiger charge is 2.34. The van der Waals surface area contributed by atoms with Gasteiger partial charge in [0, 0.05) is 23.5 Å². The number of aromatic nitrogens is 2. The smallest absolute Gasteiger partial charge is 0.143 e. The number of hydrogen-bond donors (Lipinski definition) is 2. The van der Waals surface area contributed by atoms with Crippen molar-refractivity contribution in [1.82, 2.24) is 9.78 Å². The quantitative estimate of drug-likeness (QED) is 0.406. The molecule has 0 radical (unpaired) electrons. The average Bonchev–Trinajstić information content (AvgIpc) is 3.27. The summed E-state index contributed by atoms with van der Waals surface area (Å²) in [6, 6.07) is 26.7. The largest absolute Gasteiger partial charge is 0.388 e. The third kappa shape index (κ3) is 3.05. The first-order chi connectivity index (χ1) is 15.2. The van der Waals surface area contributed by atoms with Gasteiger partial charge in [0.2, 0.25) is 0 Å². The van der Waals surface area contributed by atoms with E-state index in [0.717, 1.165) is 33.1 Å². The van der Waals surface area contributed by atoms with Gasteiger partial charge in [-0.2, -0.15) is 5.10 Å². The number of fused-ring (bicyclic) bond motifs is 2. The fourth-order valence-corrected chi connectivity index (χ4v) is 4.25. The topological polar surface area (TPSA) is 50.1 Å². The van der Waals surface area contributed by atoms with E-state index in [2.05, 4.69) is 10.4 Å². The molecule has 5 rings (SSSR count). The van der Waals surface area contributed by atoms with E-state index in [1.807, 2.05) is 84.5 Å². The van der Waals surface area contributed by atoms with Gasteiger partial charge >= 0.3 is 0 Å². The molecule has 0 aliphatic heterocycles. The van der Waals surface area contributed by atoms with Crippen LogP contribution in [0.5, 0.6) is 0 Å². The van der Waals surface area contributed by atoms with Crippen molar-refractivity contribution in [3.05, 3.63) is 102 Å². The fraction of sp³-hybridized carbons (Fsp3) is 0.115. The average molecular weight is 411 g/mol. The predicted molar refractivity (Wildman–Crippen MR) is 124 cm³/mol. The second-order valence-electron chi connectivity index (χ2n) is 7.62. The monoisotopic (exact) mass is 411 g/mol. The minimum Gasteiger partial charge on any atom is -0.388 e. The van der Waals surface area contributed by atoms with Crippen LogP contribution < -0.4 is 5.32 Å². The highest BCUT2D eigenvalue weighted by Crippen LogP contribution is 2.38. The summed E-state index contributed by atoms with van der Waals surface area (Å²) in [6.07, 6.45) is 1.74. The van der Waals surface area contributed by atoms with E-state index >= 15 is 0 Å². The van der Waals surface area contributed by atoms with E-state index in [1.54, 1.807) is 18.3 Å². The molecular formula is C26H22FN3O. The lowest BCUT2D eigenvalue weighted by Gasteiger charge is -2.28. The van der Waals surface area contributed by atoms with Crippen LogP contribution in [0.25, 0.3) is 27.4 Å². The molecule has 1 heterocycles. The maximum absolute atomic E-state index is 14.5. The molecule has 5 heteroatoms. The molecule has 4 aromatic carbocycles. The van der Waals surface area contributed by atoms with Crippen molar-refractivity contribution in [3.8, 4) is 5.69 Å². The molecule has 4 nitrogen and oxygen atoms in total. The Morgan fingerprint density at radius 3 is 2.42 bits per heavy atom. The first-order valence-corrected chi connectivity index (χ1v) is 10.2. The summed E-state index contributed by atoms with van der Waals surface area (Å²) in [4.78, 5) is 0. The van der Waals surface area contributed by atoms with Gasteiger partial charge in [0.15, 0.2) is 0 Å². The lowest BCUT2D eigenvalue weighted by molar-refractivity contribution is 0.0534. The molecule has 0 saturated heterocycles. The third-order valence-electron chi connectivity index (χ3n) is 5.88.